The lowest BCUT2D eigenvalue weighted by Crippen LogP contribution is -2.12. The molecule has 19 heavy (non-hydrogen) atoms. The highest BCUT2D eigenvalue weighted by Gasteiger charge is 2.14. The fraction of sp³-hybridized carbons (Fsp3) is 0.231. The van der Waals surface area contributed by atoms with Gasteiger partial charge in [-0.3, -0.25) is 9.78 Å². The highest BCUT2D eigenvalue weighted by atomic mass is 32.2. The van der Waals surface area contributed by atoms with Crippen molar-refractivity contribution in [3.63, 3.8) is 0 Å². The molecule has 0 amide bonds. The molecule has 0 unspecified atom stereocenters. The Kier molecular flexibility index (Phi) is 3.80. The number of carboxylic acid groups (broad SMARTS) is 1. The lowest BCUT2D eigenvalue weighted by Gasteiger charge is -2.04. The first-order valence-corrected chi connectivity index (χ1v) is 7.54. The number of fused-ring (bicyclic) bond motifs is 1. The second-order valence-corrected chi connectivity index (χ2v) is 6.45. The smallest absolute Gasteiger partial charge is 0.304 e. The Labute approximate surface area is 110 Å². The summed E-state index contributed by atoms with van der Waals surface area (Å²) < 4.78 is 23.5. The van der Waals surface area contributed by atoms with Crippen LogP contribution in [0.5, 0.6) is 0 Å². The number of carboxylic acids is 1. The Hall–Kier alpha value is -1.95. The van der Waals surface area contributed by atoms with E-state index in [4.69, 9.17) is 5.11 Å². The molecular formula is C13H13NO4S. The van der Waals surface area contributed by atoms with E-state index in [2.05, 4.69) is 4.98 Å². The summed E-state index contributed by atoms with van der Waals surface area (Å²) in [6.07, 6.45) is 1.31. The number of pyridine rings is 1. The normalized spacial score (nSPS) is 11.6. The highest BCUT2D eigenvalue weighted by molar-refractivity contribution is 7.90. The SMILES string of the molecule is O=C(O)CCS(=O)(=O)Cc1ccc2ncccc2c1. The third-order valence-corrected chi connectivity index (χ3v) is 4.28. The van der Waals surface area contributed by atoms with Gasteiger partial charge in [-0.05, 0) is 23.8 Å². The predicted octanol–water partition coefficient (Wildman–Crippen LogP) is 1.62. The largest absolute Gasteiger partial charge is 0.481 e. The van der Waals surface area contributed by atoms with Crippen molar-refractivity contribution in [1.29, 1.82) is 0 Å². The van der Waals surface area contributed by atoms with Gasteiger partial charge in [0.25, 0.3) is 0 Å². The fourth-order valence-corrected chi connectivity index (χ4v) is 3.10. The standard InChI is InChI=1S/C13H13NO4S/c15-13(16)5-7-19(17,18)9-10-3-4-12-11(8-10)2-1-6-14-12/h1-4,6,8H,5,7,9H2,(H,15,16). The lowest BCUT2D eigenvalue weighted by molar-refractivity contribution is -0.136. The molecular weight excluding hydrogens is 266 g/mol. The second-order valence-electron chi connectivity index (χ2n) is 4.27. The molecule has 0 radical (unpaired) electrons. The van der Waals surface area contributed by atoms with E-state index in [1.807, 2.05) is 6.07 Å². The van der Waals surface area contributed by atoms with E-state index in [0.29, 0.717) is 5.56 Å². The number of rotatable bonds is 5. The summed E-state index contributed by atoms with van der Waals surface area (Å²) in [4.78, 5) is 14.6. The Balaban J connectivity index is 2.19. The van der Waals surface area contributed by atoms with Crippen LogP contribution in [0.25, 0.3) is 10.9 Å². The van der Waals surface area contributed by atoms with Crippen molar-refractivity contribution in [3.05, 3.63) is 42.1 Å². The molecule has 2 rings (SSSR count). The molecule has 0 aliphatic rings. The first-order chi connectivity index (χ1) is 8.96. The maximum Gasteiger partial charge on any atom is 0.304 e. The molecule has 0 spiro atoms. The summed E-state index contributed by atoms with van der Waals surface area (Å²) >= 11 is 0. The number of sulfone groups is 1. The average Bonchev–Trinajstić information content (AvgIpc) is 2.36. The maximum atomic E-state index is 11.8. The maximum absolute atomic E-state index is 11.8. The van der Waals surface area contributed by atoms with E-state index in [1.54, 1.807) is 30.5 Å². The minimum atomic E-state index is -3.40. The molecule has 1 aromatic heterocycles. The fourth-order valence-electron chi connectivity index (χ4n) is 1.78. The van der Waals surface area contributed by atoms with Gasteiger partial charge in [0.05, 0.1) is 23.4 Å². The second kappa shape index (κ2) is 5.36. The van der Waals surface area contributed by atoms with Gasteiger partial charge in [0.1, 0.15) is 0 Å². The molecule has 0 atom stereocenters. The van der Waals surface area contributed by atoms with E-state index >= 15 is 0 Å². The van der Waals surface area contributed by atoms with Gasteiger partial charge in [-0.1, -0.05) is 12.1 Å². The van der Waals surface area contributed by atoms with E-state index < -0.39 is 15.8 Å². The Morgan fingerprint density at radius 1 is 1.26 bits per heavy atom. The van der Waals surface area contributed by atoms with Crippen LogP contribution in [-0.4, -0.2) is 30.2 Å². The molecule has 2 aromatic rings. The number of carbonyl (C=O) groups is 1. The topological polar surface area (TPSA) is 84.3 Å². The van der Waals surface area contributed by atoms with Crippen molar-refractivity contribution in [3.8, 4) is 0 Å². The summed E-state index contributed by atoms with van der Waals surface area (Å²) in [5, 5.41) is 9.38. The summed E-state index contributed by atoms with van der Waals surface area (Å²) in [5.41, 5.74) is 1.44. The van der Waals surface area contributed by atoms with Crippen molar-refractivity contribution < 1.29 is 18.3 Å². The van der Waals surface area contributed by atoms with Gasteiger partial charge in [0.15, 0.2) is 9.84 Å². The third-order valence-electron chi connectivity index (χ3n) is 2.68. The summed E-state index contributed by atoms with van der Waals surface area (Å²) in [7, 11) is -3.40. The number of nitrogens with zero attached hydrogens (tertiary/aromatic N) is 1. The molecule has 0 fully saturated rings. The van der Waals surface area contributed by atoms with Crippen molar-refractivity contribution >= 4 is 26.7 Å². The van der Waals surface area contributed by atoms with Gasteiger partial charge < -0.3 is 5.11 Å². The molecule has 0 saturated heterocycles. The number of aliphatic carboxylic acids is 1. The monoisotopic (exact) mass is 279 g/mol. The quantitative estimate of drug-likeness (QED) is 0.899. The molecule has 0 saturated carbocycles. The van der Waals surface area contributed by atoms with Crippen LogP contribution < -0.4 is 0 Å². The van der Waals surface area contributed by atoms with Crippen LogP contribution in [0.1, 0.15) is 12.0 Å². The minimum absolute atomic E-state index is 0.148. The lowest BCUT2D eigenvalue weighted by atomic mass is 10.1. The Morgan fingerprint density at radius 2 is 2.05 bits per heavy atom. The van der Waals surface area contributed by atoms with Crippen molar-refractivity contribution in [1.82, 2.24) is 4.98 Å². The van der Waals surface area contributed by atoms with Gasteiger partial charge in [-0.25, -0.2) is 8.42 Å². The zero-order valence-corrected chi connectivity index (χ0v) is 10.9. The van der Waals surface area contributed by atoms with Gasteiger partial charge in [0.2, 0.25) is 0 Å². The van der Waals surface area contributed by atoms with Crippen LogP contribution in [0.2, 0.25) is 0 Å². The van der Waals surface area contributed by atoms with Crippen LogP contribution >= 0.6 is 0 Å². The van der Waals surface area contributed by atoms with Gasteiger partial charge in [-0.2, -0.15) is 0 Å². The summed E-state index contributed by atoms with van der Waals surface area (Å²) in [5.74, 6) is -1.59. The summed E-state index contributed by atoms with van der Waals surface area (Å²) in [6, 6.07) is 8.87. The third kappa shape index (κ3) is 3.75. The first-order valence-electron chi connectivity index (χ1n) is 5.72. The van der Waals surface area contributed by atoms with Crippen molar-refractivity contribution in [2.75, 3.05) is 5.75 Å². The first kappa shape index (κ1) is 13.5. The number of benzene rings is 1. The van der Waals surface area contributed by atoms with Crippen molar-refractivity contribution in [2.45, 2.75) is 12.2 Å². The zero-order chi connectivity index (χ0) is 13.9. The predicted molar refractivity (Wildman–Crippen MR) is 71.5 cm³/mol. The van der Waals surface area contributed by atoms with Crippen LogP contribution in [0, 0.1) is 0 Å². The van der Waals surface area contributed by atoms with Crippen molar-refractivity contribution in [2.24, 2.45) is 0 Å². The molecule has 0 aliphatic heterocycles. The molecule has 0 aliphatic carbocycles. The molecule has 1 aromatic carbocycles. The van der Waals surface area contributed by atoms with E-state index in [-0.39, 0.29) is 17.9 Å². The summed E-state index contributed by atoms with van der Waals surface area (Å²) in [6.45, 7) is 0. The van der Waals surface area contributed by atoms with Gasteiger partial charge >= 0.3 is 5.97 Å². The number of hydrogen-bond acceptors (Lipinski definition) is 4. The number of hydrogen-bond donors (Lipinski definition) is 1. The van der Waals surface area contributed by atoms with E-state index in [0.717, 1.165) is 10.9 Å². The van der Waals surface area contributed by atoms with Gasteiger partial charge in [-0.15, -0.1) is 0 Å². The van der Waals surface area contributed by atoms with E-state index in [9.17, 15) is 13.2 Å². The molecule has 0 bridgehead atoms. The van der Waals surface area contributed by atoms with Crippen LogP contribution in [-0.2, 0) is 20.4 Å². The zero-order valence-electron chi connectivity index (χ0n) is 10.1. The highest BCUT2D eigenvalue weighted by Crippen LogP contribution is 2.15. The Morgan fingerprint density at radius 3 is 2.79 bits per heavy atom. The Bertz CT molecular complexity index is 709. The minimum Gasteiger partial charge on any atom is -0.481 e. The molecule has 100 valence electrons. The molecule has 1 heterocycles. The number of aromatic nitrogens is 1. The van der Waals surface area contributed by atoms with E-state index in [1.165, 1.54) is 0 Å². The van der Waals surface area contributed by atoms with Crippen LogP contribution in [0.4, 0.5) is 0 Å². The van der Waals surface area contributed by atoms with Crippen LogP contribution in [0.3, 0.4) is 0 Å². The average molecular weight is 279 g/mol. The molecule has 5 nitrogen and oxygen atoms in total. The molecule has 1 N–H and O–H groups in total. The van der Waals surface area contributed by atoms with Gasteiger partial charge in [0, 0.05) is 11.6 Å². The van der Waals surface area contributed by atoms with Crippen LogP contribution in [0.15, 0.2) is 36.5 Å². The molecule has 6 heteroatoms.